The van der Waals surface area contributed by atoms with Crippen LogP contribution in [0.15, 0.2) is 12.3 Å². The second-order valence-electron chi connectivity index (χ2n) is 2.44. The zero-order valence-electron chi connectivity index (χ0n) is 7.42. The van der Waals surface area contributed by atoms with E-state index in [1.54, 1.807) is 6.92 Å². The first kappa shape index (κ1) is 9.98. The highest BCUT2D eigenvalue weighted by atomic mass is 19.3. The lowest BCUT2D eigenvalue weighted by atomic mass is 10.4. The fourth-order valence-corrected chi connectivity index (χ4v) is 0.874. The summed E-state index contributed by atoms with van der Waals surface area (Å²) >= 11 is 0. The van der Waals surface area contributed by atoms with Crippen LogP contribution in [0.3, 0.4) is 0 Å². The molecule has 0 aliphatic heterocycles. The minimum Gasteiger partial charge on any atom is -0.316 e. The predicted molar refractivity (Wildman–Crippen MR) is 42.3 cm³/mol. The van der Waals surface area contributed by atoms with E-state index in [1.807, 2.05) is 0 Å². The smallest absolute Gasteiger partial charge is 0.316 e. The van der Waals surface area contributed by atoms with Gasteiger partial charge in [0.15, 0.2) is 0 Å². The van der Waals surface area contributed by atoms with Gasteiger partial charge in [-0.15, -0.1) is 0 Å². The third-order valence-corrected chi connectivity index (χ3v) is 1.40. The monoisotopic (exact) mass is 188 g/mol. The van der Waals surface area contributed by atoms with Crippen LogP contribution in [-0.4, -0.2) is 16.6 Å². The van der Waals surface area contributed by atoms with Crippen LogP contribution in [0.4, 0.5) is 8.78 Å². The lowest BCUT2D eigenvalue weighted by Gasteiger charge is -2.14. The van der Waals surface area contributed by atoms with Crippen molar-refractivity contribution in [3.63, 3.8) is 0 Å². The molecule has 1 heterocycles. The normalized spacial score (nSPS) is 11.7. The molecule has 0 saturated carbocycles. The summed E-state index contributed by atoms with van der Waals surface area (Å²) in [5.74, 6) is 0.303. The third kappa shape index (κ3) is 2.42. The standard InChI is InChI=1S/C8H10F2N2O/c1-3-13-8(9,10)7-4-5-11-6(2)12-7/h4-5H,3H2,1-2H3. The van der Waals surface area contributed by atoms with E-state index < -0.39 is 11.8 Å². The summed E-state index contributed by atoms with van der Waals surface area (Å²) in [4.78, 5) is 7.29. The van der Waals surface area contributed by atoms with Crippen molar-refractivity contribution in [2.45, 2.75) is 20.0 Å². The molecule has 0 saturated heterocycles. The van der Waals surface area contributed by atoms with Gasteiger partial charge in [-0.05, 0) is 19.9 Å². The lowest BCUT2D eigenvalue weighted by Crippen LogP contribution is -2.20. The highest BCUT2D eigenvalue weighted by Crippen LogP contribution is 2.26. The van der Waals surface area contributed by atoms with Crippen molar-refractivity contribution >= 4 is 0 Å². The molecule has 0 bridgehead atoms. The topological polar surface area (TPSA) is 35.0 Å². The van der Waals surface area contributed by atoms with Crippen LogP contribution in [0.1, 0.15) is 18.4 Å². The molecule has 13 heavy (non-hydrogen) atoms. The number of hydrogen-bond donors (Lipinski definition) is 0. The third-order valence-electron chi connectivity index (χ3n) is 1.40. The largest absolute Gasteiger partial charge is 0.400 e. The molecule has 0 unspecified atom stereocenters. The average molecular weight is 188 g/mol. The minimum absolute atomic E-state index is 0.0595. The second kappa shape index (κ2) is 3.74. The Bertz CT molecular complexity index is 291. The number of halogens is 2. The van der Waals surface area contributed by atoms with Crippen LogP contribution in [0.5, 0.6) is 0 Å². The average Bonchev–Trinajstić information content (AvgIpc) is 2.04. The van der Waals surface area contributed by atoms with Crippen LogP contribution < -0.4 is 0 Å². The molecule has 3 nitrogen and oxygen atoms in total. The maximum Gasteiger partial charge on any atom is 0.400 e. The summed E-state index contributed by atoms with van der Waals surface area (Å²) in [5, 5.41) is 0. The number of aromatic nitrogens is 2. The number of rotatable bonds is 3. The summed E-state index contributed by atoms with van der Waals surface area (Å²) in [6.45, 7) is 2.99. The molecule has 0 aliphatic carbocycles. The summed E-state index contributed by atoms with van der Waals surface area (Å²) in [7, 11) is 0. The van der Waals surface area contributed by atoms with Crippen molar-refractivity contribution in [3.8, 4) is 0 Å². The zero-order chi connectivity index (χ0) is 9.90. The van der Waals surface area contributed by atoms with Gasteiger partial charge in [0.05, 0.1) is 6.61 Å². The van der Waals surface area contributed by atoms with Crippen LogP contribution >= 0.6 is 0 Å². The molecule has 0 amide bonds. The van der Waals surface area contributed by atoms with E-state index in [2.05, 4.69) is 14.7 Å². The Morgan fingerprint density at radius 3 is 2.77 bits per heavy atom. The SMILES string of the molecule is CCOC(F)(F)c1ccnc(C)n1. The molecule has 0 N–H and O–H groups in total. The number of ether oxygens (including phenoxy) is 1. The van der Waals surface area contributed by atoms with Gasteiger partial charge in [0.25, 0.3) is 0 Å². The molecule has 0 aromatic carbocycles. The molecule has 72 valence electrons. The summed E-state index contributed by atoms with van der Waals surface area (Å²) in [6, 6.07) is 1.14. The van der Waals surface area contributed by atoms with E-state index in [4.69, 9.17) is 0 Å². The van der Waals surface area contributed by atoms with Crippen molar-refractivity contribution in [1.29, 1.82) is 0 Å². The fraction of sp³-hybridized carbons (Fsp3) is 0.500. The number of alkyl halides is 2. The quantitative estimate of drug-likeness (QED) is 0.726. The van der Waals surface area contributed by atoms with E-state index >= 15 is 0 Å². The zero-order valence-corrected chi connectivity index (χ0v) is 7.42. The lowest BCUT2D eigenvalue weighted by molar-refractivity contribution is -0.248. The van der Waals surface area contributed by atoms with Gasteiger partial charge in [-0.1, -0.05) is 0 Å². The molecule has 0 fully saturated rings. The highest BCUT2D eigenvalue weighted by molar-refractivity contribution is 5.05. The number of aryl methyl sites for hydroxylation is 1. The molecular weight excluding hydrogens is 178 g/mol. The molecule has 5 heteroatoms. The van der Waals surface area contributed by atoms with Crippen molar-refractivity contribution in [1.82, 2.24) is 9.97 Å². The number of nitrogens with zero attached hydrogens (tertiary/aromatic N) is 2. The maximum atomic E-state index is 13.0. The molecule has 0 aliphatic rings. The highest BCUT2D eigenvalue weighted by Gasteiger charge is 2.34. The molecule has 1 aromatic heterocycles. The predicted octanol–water partition coefficient (Wildman–Crippen LogP) is 1.87. The van der Waals surface area contributed by atoms with Crippen LogP contribution in [0.25, 0.3) is 0 Å². The summed E-state index contributed by atoms with van der Waals surface area (Å²) in [5.41, 5.74) is -0.401. The van der Waals surface area contributed by atoms with E-state index in [0.29, 0.717) is 5.82 Å². The first-order valence-electron chi connectivity index (χ1n) is 3.88. The first-order valence-corrected chi connectivity index (χ1v) is 3.88. The van der Waals surface area contributed by atoms with E-state index in [0.717, 1.165) is 6.07 Å². The van der Waals surface area contributed by atoms with Crippen LogP contribution in [-0.2, 0) is 10.8 Å². The Morgan fingerprint density at radius 2 is 2.23 bits per heavy atom. The van der Waals surface area contributed by atoms with E-state index in [-0.39, 0.29) is 6.61 Å². The van der Waals surface area contributed by atoms with Gasteiger partial charge in [-0.2, -0.15) is 8.78 Å². The Labute approximate surface area is 74.8 Å². The van der Waals surface area contributed by atoms with E-state index in [9.17, 15) is 8.78 Å². The van der Waals surface area contributed by atoms with Gasteiger partial charge in [0, 0.05) is 6.20 Å². The van der Waals surface area contributed by atoms with Gasteiger partial charge in [0.2, 0.25) is 0 Å². The minimum atomic E-state index is -3.32. The van der Waals surface area contributed by atoms with Crippen molar-refractivity contribution in [3.05, 3.63) is 23.8 Å². The fourth-order valence-electron chi connectivity index (χ4n) is 0.874. The molecular formula is C8H10F2N2O. The maximum absolute atomic E-state index is 13.0. The first-order chi connectivity index (χ1) is 6.06. The molecule has 0 radical (unpaired) electrons. The number of hydrogen-bond acceptors (Lipinski definition) is 3. The molecule has 0 atom stereocenters. The van der Waals surface area contributed by atoms with Gasteiger partial charge >= 0.3 is 6.11 Å². The van der Waals surface area contributed by atoms with E-state index in [1.165, 1.54) is 13.1 Å². The Morgan fingerprint density at radius 1 is 1.54 bits per heavy atom. The Balaban J connectivity index is 2.93. The van der Waals surface area contributed by atoms with Crippen molar-refractivity contribution in [2.24, 2.45) is 0 Å². The molecule has 1 rings (SSSR count). The van der Waals surface area contributed by atoms with Crippen molar-refractivity contribution in [2.75, 3.05) is 6.61 Å². The Hall–Kier alpha value is -1.10. The second-order valence-corrected chi connectivity index (χ2v) is 2.44. The van der Waals surface area contributed by atoms with Crippen LogP contribution in [0.2, 0.25) is 0 Å². The Kier molecular flexibility index (Phi) is 2.87. The van der Waals surface area contributed by atoms with Gasteiger partial charge in [0.1, 0.15) is 11.5 Å². The van der Waals surface area contributed by atoms with Gasteiger partial charge < -0.3 is 4.74 Å². The van der Waals surface area contributed by atoms with Crippen molar-refractivity contribution < 1.29 is 13.5 Å². The van der Waals surface area contributed by atoms with Crippen LogP contribution in [0, 0.1) is 6.92 Å². The summed E-state index contributed by atoms with van der Waals surface area (Å²) < 4.78 is 30.3. The molecule has 1 aromatic rings. The van der Waals surface area contributed by atoms with Gasteiger partial charge in [-0.25, -0.2) is 9.97 Å². The van der Waals surface area contributed by atoms with Gasteiger partial charge in [-0.3, -0.25) is 0 Å². The molecule has 0 spiro atoms. The summed E-state index contributed by atoms with van der Waals surface area (Å²) in [6.07, 6.45) is -2.03.